The summed E-state index contributed by atoms with van der Waals surface area (Å²) in [7, 11) is 1.53. The maximum atomic E-state index is 13.0. The molecule has 0 radical (unpaired) electrons. The summed E-state index contributed by atoms with van der Waals surface area (Å²) < 4.78 is 18.1. The van der Waals surface area contributed by atoms with Crippen molar-refractivity contribution in [3.05, 3.63) is 76.4 Å². The molecule has 2 N–H and O–H groups in total. The Hall–Kier alpha value is -3.75. The van der Waals surface area contributed by atoms with Crippen molar-refractivity contribution in [1.29, 1.82) is 0 Å². The molecule has 0 aliphatic rings. The zero-order valence-electron chi connectivity index (χ0n) is 14.3. The average molecular weight is 369 g/mol. The molecule has 0 amide bonds. The largest absolute Gasteiger partial charge is 0.497 e. The Kier molecular flexibility index (Phi) is 5.41. The van der Waals surface area contributed by atoms with Gasteiger partial charge in [-0.3, -0.25) is 10.1 Å². The number of ether oxygens (including phenoxy) is 1. The Labute approximate surface area is 154 Å². The van der Waals surface area contributed by atoms with E-state index in [4.69, 9.17) is 4.74 Å². The molecule has 0 saturated carbocycles. The molecule has 0 fully saturated rings. The minimum atomic E-state index is -0.560. The number of nitrogens with zero attached hydrogens (tertiary/aromatic N) is 3. The fourth-order valence-electron chi connectivity index (χ4n) is 2.40. The number of nitrogens with one attached hydrogen (secondary N) is 2. The number of halogens is 1. The third kappa shape index (κ3) is 4.46. The second-order valence-corrected chi connectivity index (χ2v) is 5.51. The van der Waals surface area contributed by atoms with E-state index in [1.54, 1.807) is 36.4 Å². The van der Waals surface area contributed by atoms with Crippen molar-refractivity contribution in [3.63, 3.8) is 0 Å². The maximum Gasteiger partial charge on any atom is 0.353 e. The van der Waals surface area contributed by atoms with E-state index in [1.165, 1.54) is 25.6 Å². The molecule has 1 heterocycles. The minimum Gasteiger partial charge on any atom is -0.497 e. The zero-order chi connectivity index (χ0) is 19.2. The lowest BCUT2D eigenvalue weighted by molar-refractivity contribution is -0.383. The smallest absolute Gasteiger partial charge is 0.353 e. The van der Waals surface area contributed by atoms with Gasteiger partial charge < -0.3 is 15.4 Å². The first kappa shape index (κ1) is 18.1. The molecule has 0 unspecified atom stereocenters. The van der Waals surface area contributed by atoms with Crippen molar-refractivity contribution < 1.29 is 14.1 Å². The summed E-state index contributed by atoms with van der Waals surface area (Å²) >= 11 is 0. The quantitative estimate of drug-likeness (QED) is 0.481. The molecule has 3 rings (SSSR count). The van der Waals surface area contributed by atoms with Gasteiger partial charge in [-0.1, -0.05) is 18.2 Å². The Morgan fingerprint density at radius 3 is 2.59 bits per heavy atom. The van der Waals surface area contributed by atoms with Gasteiger partial charge >= 0.3 is 5.69 Å². The second-order valence-electron chi connectivity index (χ2n) is 5.51. The fourth-order valence-corrected chi connectivity index (χ4v) is 2.40. The molecule has 138 valence electrons. The summed E-state index contributed by atoms with van der Waals surface area (Å²) in [5.74, 6) is 0.359. The van der Waals surface area contributed by atoms with Crippen molar-refractivity contribution >= 4 is 23.0 Å². The predicted octanol–water partition coefficient (Wildman–Crippen LogP) is 3.89. The van der Waals surface area contributed by atoms with Gasteiger partial charge in [-0.25, -0.2) is 14.4 Å². The van der Waals surface area contributed by atoms with Gasteiger partial charge in [0, 0.05) is 18.3 Å². The van der Waals surface area contributed by atoms with E-state index in [-0.39, 0.29) is 29.7 Å². The van der Waals surface area contributed by atoms with Crippen molar-refractivity contribution in [2.45, 2.75) is 6.54 Å². The first-order valence-corrected chi connectivity index (χ1v) is 7.95. The third-order valence-corrected chi connectivity index (χ3v) is 3.71. The van der Waals surface area contributed by atoms with Gasteiger partial charge in [0.05, 0.1) is 12.0 Å². The number of aromatic nitrogens is 2. The van der Waals surface area contributed by atoms with E-state index in [0.29, 0.717) is 11.4 Å². The van der Waals surface area contributed by atoms with Crippen LogP contribution in [0.1, 0.15) is 5.56 Å². The highest BCUT2D eigenvalue weighted by molar-refractivity contribution is 5.74. The Balaban J connectivity index is 1.85. The number of hydrogen-bond acceptors (Lipinski definition) is 7. The molecular weight excluding hydrogens is 353 g/mol. The SMILES string of the molecule is COc1cccc(Nc2ncnc(NCc3ccc(F)cc3)c2[N+](=O)[O-])c1. The summed E-state index contributed by atoms with van der Waals surface area (Å²) in [5.41, 5.74) is 1.05. The highest BCUT2D eigenvalue weighted by Crippen LogP contribution is 2.32. The molecule has 9 heteroatoms. The normalized spacial score (nSPS) is 10.3. The van der Waals surface area contributed by atoms with Gasteiger partial charge in [0.15, 0.2) is 0 Å². The average Bonchev–Trinajstić information content (AvgIpc) is 2.67. The monoisotopic (exact) mass is 369 g/mol. The molecule has 8 nitrogen and oxygen atoms in total. The molecule has 0 aliphatic heterocycles. The highest BCUT2D eigenvalue weighted by Gasteiger charge is 2.23. The number of methoxy groups -OCH3 is 1. The van der Waals surface area contributed by atoms with E-state index in [0.717, 1.165) is 5.56 Å². The standard InChI is InChI=1S/C18H16FN5O3/c1-27-15-4-2-3-14(9-15)23-18-16(24(25)26)17(21-11-22-18)20-10-12-5-7-13(19)8-6-12/h2-9,11H,10H2,1H3,(H2,20,21,22,23). The molecule has 0 bridgehead atoms. The second kappa shape index (κ2) is 8.09. The zero-order valence-corrected chi connectivity index (χ0v) is 14.3. The summed E-state index contributed by atoms with van der Waals surface area (Å²) in [6.45, 7) is 0.247. The molecule has 0 spiro atoms. The topological polar surface area (TPSA) is 102 Å². The number of nitro groups is 1. The van der Waals surface area contributed by atoms with E-state index < -0.39 is 4.92 Å². The van der Waals surface area contributed by atoms with Gasteiger partial charge in [-0.05, 0) is 29.8 Å². The van der Waals surface area contributed by atoms with Crippen molar-refractivity contribution in [3.8, 4) is 5.75 Å². The Bertz CT molecular complexity index is 950. The van der Waals surface area contributed by atoms with Gasteiger partial charge in [0.2, 0.25) is 11.6 Å². The predicted molar refractivity (Wildman–Crippen MR) is 98.7 cm³/mol. The van der Waals surface area contributed by atoms with Crippen molar-refractivity contribution in [1.82, 2.24) is 9.97 Å². The molecule has 3 aromatic rings. The van der Waals surface area contributed by atoms with Gasteiger partial charge in [0.25, 0.3) is 0 Å². The molecule has 1 aromatic heterocycles. The van der Waals surface area contributed by atoms with Crippen LogP contribution in [-0.2, 0) is 6.54 Å². The Morgan fingerprint density at radius 1 is 1.15 bits per heavy atom. The van der Waals surface area contributed by atoms with Gasteiger partial charge in [0.1, 0.15) is 17.9 Å². The summed E-state index contributed by atoms with van der Waals surface area (Å²) in [6.07, 6.45) is 1.22. The minimum absolute atomic E-state index is 0.0462. The molecule has 27 heavy (non-hydrogen) atoms. The summed E-state index contributed by atoms with van der Waals surface area (Å²) in [6, 6.07) is 12.8. The van der Waals surface area contributed by atoms with Crippen LogP contribution in [-0.4, -0.2) is 22.0 Å². The van der Waals surface area contributed by atoms with Gasteiger partial charge in [-0.2, -0.15) is 0 Å². The first-order valence-electron chi connectivity index (χ1n) is 7.95. The maximum absolute atomic E-state index is 13.0. The van der Waals surface area contributed by atoms with Crippen LogP contribution in [0.25, 0.3) is 0 Å². The van der Waals surface area contributed by atoms with Crippen LogP contribution in [0, 0.1) is 15.9 Å². The first-order chi connectivity index (χ1) is 13.1. The lowest BCUT2D eigenvalue weighted by atomic mass is 10.2. The van der Waals surface area contributed by atoms with E-state index >= 15 is 0 Å². The van der Waals surface area contributed by atoms with Crippen molar-refractivity contribution in [2.75, 3.05) is 17.7 Å². The van der Waals surface area contributed by atoms with Crippen molar-refractivity contribution in [2.24, 2.45) is 0 Å². The molecule has 0 atom stereocenters. The molecule has 0 aliphatic carbocycles. The van der Waals surface area contributed by atoms with Crippen LogP contribution in [0.2, 0.25) is 0 Å². The van der Waals surface area contributed by atoms with Crippen LogP contribution in [0.3, 0.4) is 0 Å². The van der Waals surface area contributed by atoms with Crippen LogP contribution in [0.15, 0.2) is 54.9 Å². The van der Waals surface area contributed by atoms with E-state index in [9.17, 15) is 14.5 Å². The Morgan fingerprint density at radius 2 is 1.89 bits per heavy atom. The number of benzene rings is 2. The molecule has 2 aromatic carbocycles. The van der Waals surface area contributed by atoms with E-state index in [1.807, 2.05) is 0 Å². The van der Waals surface area contributed by atoms with E-state index in [2.05, 4.69) is 20.6 Å². The summed E-state index contributed by atoms with van der Waals surface area (Å²) in [4.78, 5) is 19.0. The lowest BCUT2D eigenvalue weighted by Gasteiger charge is -2.11. The number of rotatable bonds is 7. The third-order valence-electron chi connectivity index (χ3n) is 3.71. The van der Waals surface area contributed by atoms with Crippen LogP contribution in [0.4, 0.5) is 27.4 Å². The van der Waals surface area contributed by atoms with Crippen LogP contribution >= 0.6 is 0 Å². The summed E-state index contributed by atoms with van der Waals surface area (Å²) in [5, 5.41) is 17.4. The number of hydrogen-bond donors (Lipinski definition) is 2. The molecular formula is C18H16FN5O3. The highest BCUT2D eigenvalue weighted by atomic mass is 19.1. The fraction of sp³-hybridized carbons (Fsp3) is 0.111. The number of anilines is 3. The van der Waals surface area contributed by atoms with Crippen LogP contribution in [0.5, 0.6) is 5.75 Å². The lowest BCUT2D eigenvalue weighted by Crippen LogP contribution is -2.08. The molecule has 0 saturated heterocycles. The van der Waals surface area contributed by atoms with Crippen LogP contribution < -0.4 is 15.4 Å². The van der Waals surface area contributed by atoms with Gasteiger partial charge in [-0.15, -0.1) is 0 Å².